The van der Waals surface area contributed by atoms with E-state index in [9.17, 15) is 13.6 Å². The van der Waals surface area contributed by atoms with Crippen molar-refractivity contribution in [2.75, 3.05) is 12.4 Å². The molecule has 0 aliphatic rings. The van der Waals surface area contributed by atoms with Crippen LogP contribution in [0.4, 0.5) is 14.5 Å². The molecule has 0 spiro atoms. The lowest BCUT2D eigenvalue weighted by atomic mass is 10.2. The van der Waals surface area contributed by atoms with E-state index in [2.05, 4.69) is 10.3 Å². The third-order valence-electron chi connectivity index (χ3n) is 2.74. The van der Waals surface area contributed by atoms with E-state index >= 15 is 0 Å². The summed E-state index contributed by atoms with van der Waals surface area (Å²) in [6.45, 7) is 1.81. The summed E-state index contributed by atoms with van der Waals surface area (Å²) >= 11 is 0. The molecule has 1 amide bonds. The molecule has 0 atom stereocenters. The molecule has 1 aromatic heterocycles. The van der Waals surface area contributed by atoms with Crippen molar-refractivity contribution in [2.24, 2.45) is 0 Å². The van der Waals surface area contributed by atoms with Gasteiger partial charge < -0.3 is 10.1 Å². The van der Waals surface area contributed by atoms with Crippen molar-refractivity contribution in [2.45, 2.75) is 6.92 Å². The number of aromatic nitrogens is 1. The molecule has 0 unspecified atom stereocenters. The van der Waals surface area contributed by atoms with E-state index in [1.54, 1.807) is 25.1 Å². The van der Waals surface area contributed by atoms with Crippen LogP contribution in [0.2, 0.25) is 0 Å². The number of amides is 1. The Morgan fingerprint density at radius 3 is 2.70 bits per heavy atom. The highest BCUT2D eigenvalue weighted by atomic mass is 19.2. The monoisotopic (exact) mass is 278 g/mol. The van der Waals surface area contributed by atoms with Crippen LogP contribution in [0.25, 0.3) is 0 Å². The summed E-state index contributed by atoms with van der Waals surface area (Å²) in [5, 5.41) is 2.49. The lowest BCUT2D eigenvalue weighted by Crippen LogP contribution is -2.15. The van der Waals surface area contributed by atoms with Gasteiger partial charge in [-0.05, 0) is 36.8 Å². The van der Waals surface area contributed by atoms with E-state index in [1.165, 1.54) is 7.11 Å². The number of pyridine rings is 1. The fourth-order valence-corrected chi connectivity index (χ4v) is 1.75. The molecular weight excluding hydrogens is 266 g/mol. The number of benzene rings is 1. The topological polar surface area (TPSA) is 51.2 Å². The fourth-order valence-electron chi connectivity index (χ4n) is 1.75. The Bertz CT molecular complexity index is 660. The van der Waals surface area contributed by atoms with Crippen LogP contribution in [0.5, 0.6) is 5.75 Å². The largest absolute Gasteiger partial charge is 0.496 e. The highest BCUT2D eigenvalue weighted by molar-refractivity contribution is 6.04. The molecule has 0 saturated carbocycles. The molecule has 0 bridgehead atoms. The highest BCUT2D eigenvalue weighted by Gasteiger charge is 2.16. The van der Waals surface area contributed by atoms with Crippen LogP contribution < -0.4 is 10.1 Å². The normalized spacial score (nSPS) is 10.2. The number of aryl methyl sites for hydroxylation is 1. The molecule has 0 aliphatic carbocycles. The van der Waals surface area contributed by atoms with Gasteiger partial charge in [0.15, 0.2) is 5.82 Å². The first-order valence-electron chi connectivity index (χ1n) is 5.79. The number of methoxy groups -OCH3 is 1. The minimum absolute atomic E-state index is 0.397. The van der Waals surface area contributed by atoms with E-state index in [1.807, 2.05) is 0 Å². The van der Waals surface area contributed by atoms with E-state index in [0.717, 1.165) is 17.8 Å². The molecule has 4 nitrogen and oxygen atoms in total. The quantitative estimate of drug-likeness (QED) is 0.878. The number of hydrogen-bond acceptors (Lipinski definition) is 3. The Balaban J connectivity index is 2.24. The minimum atomic E-state index is -1.30. The van der Waals surface area contributed by atoms with Crippen LogP contribution >= 0.6 is 0 Å². The van der Waals surface area contributed by atoms with Gasteiger partial charge in [-0.1, -0.05) is 0 Å². The van der Waals surface area contributed by atoms with Gasteiger partial charge in [-0.25, -0.2) is 9.37 Å². The number of rotatable bonds is 3. The fraction of sp³-hybridized carbons (Fsp3) is 0.143. The average molecular weight is 278 g/mol. The molecule has 2 rings (SSSR count). The summed E-state index contributed by atoms with van der Waals surface area (Å²) in [7, 11) is 1.54. The maximum atomic E-state index is 13.4. The number of carbonyl (C=O) groups excluding carboxylic acids is 1. The van der Waals surface area contributed by atoms with Crippen LogP contribution in [0.1, 0.15) is 15.9 Å². The van der Waals surface area contributed by atoms with Crippen LogP contribution in [0, 0.1) is 18.7 Å². The molecule has 0 radical (unpaired) electrons. The number of carbonyl (C=O) groups is 1. The smallest absolute Gasteiger partial charge is 0.258 e. The second-order valence-corrected chi connectivity index (χ2v) is 4.10. The average Bonchev–Trinajstić information content (AvgIpc) is 2.42. The van der Waals surface area contributed by atoms with Crippen molar-refractivity contribution in [3.63, 3.8) is 0 Å². The van der Waals surface area contributed by atoms with Gasteiger partial charge in [0.25, 0.3) is 5.91 Å². The van der Waals surface area contributed by atoms with E-state index in [-0.39, 0.29) is 0 Å². The van der Waals surface area contributed by atoms with Crippen LogP contribution in [0.15, 0.2) is 30.5 Å². The SMILES string of the molecule is COc1ccc(NC(=O)c2ccnc(F)c2F)cc1C. The van der Waals surface area contributed by atoms with Gasteiger partial charge in [0.1, 0.15) is 5.75 Å². The van der Waals surface area contributed by atoms with E-state index in [4.69, 9.17) is 4.74 Å². The molecule has 1 heterocycles. The molecule has 20 heavy (non-hydrogen) atoms. The molecule has 104 valence electrons. The first-order chi connectivity index (χ1) is 9.52. The van der Waals surface area contributed by atoms with Gasteiger partial charge in [0.2, 0.25) is 5.95 Å². The second-order valence-electron chi connectivity index (χ2n) is 4.10. The third kappa shape index (κ3) is 2.74. The number of nitrogens with zero attached hydrogens (tertiary/aromatic N) is 1. The van der Waals surface area contributed by atoms with E-state index < -0.39 is 23.2 Å². The minimum Gasteiger partial charge on any atom is -0.496 e. The van der Waals surface area contributed by atoms with Crippen LogP contribution in [-0.4, -0.2) is 18.0 Å². The van der Waals surface area contributed by atoms with Gasteiger partial charge in [0, 0.05) is 11.9 Å². The molecule has 6 heteroatoms. The molecule has 2 aromatic rings. The van der Waals surface area contributed by atoms with Gasteiger partial charge in [-0.15, -0.1) is 0 Å². The number of anilines is 1. The van der Waals surface area contributed by atoms with Gasteiger partial charge >= 0.3 is 0 Å². The summed E-state index contributed by atoms with van der Waals surface area (Å²) in [4.78, 5) is 15.0. The van der Waals surface area contributed by atoms with Crippen molar-refractivity contribution in [3.8, 4) is 5.75 Å². The Labute approximate surface area is 114 Å². The third-order valence-corrected chi connectivity index (χ3v) is 2.74. The van der Waals surface area contributed by atoms with Crippen molar-refractivity contribution in [1.82, 2.24) is 4.98 Å². The molecule has 0 fully saturated rings. The number of halogens is 2. The summed E-state index contributed by atoms with van der Waals surface area (Å²) in [5.41, 5.74) is 0.877. The first-order valence-corrected chi connectivity index (χ1v) is 5.79. The molecule has 1 aromatic carbocycles. The molecule has 1 N–H and O–H groups in total. The van der Waals surface area contributed by atoms with E-state index in [0.29, 0.717) is 11.4 Å². The molecule has 0 aliphatic heterocycles. The predicted octanol–water partition coefficient (Wildman–Crippen LogP) is 2.93. The summed E-state index contributed by atoms with van der Waals surface area (Å²) in [5.74, 6) is -2.64. The van der Waals surface area contributed by atoms with Gasteiger partial charge in [-0.3, -0.25) is 4.79 Å². The zero-order valence-electron chi connectivity index (χ0n) is 10.9. The number of ether oxygens (including phenoxy) is 1. The highest BCUT2D eigenvalue weighted by Crippen LogP contribution is 2.22. The Morgan fingerprint density at radius 1 is 1.30 bits per heavy atom. The molecule has 0 saturated heterocycles. The second kappa shape index (κ2) is 5.64. The predicted molar refractivity (Wildman–Crippen MR) is 69.8 cm³/mol. The first kappa shape index (κ1) is 13.9. The standard InChI is InChI=1S/C14H12F2N2O2/c1-8-7-9(3-4-11(8)20-2)18-14(19)10-5-6-17-13(16)12(10)15/h3-7H,1-2H3,(H,18,19). The van der Waals surface area contributed by atoms with Gasteiger partial charge in [-0.2, -0.15) is 4.39 Å². The zero-order valence-corrected chi connectivity index (χ0v) is 10.9. The maximum absolute atomic E-state index is 13.4. The Hall–Kier alpha value is -2.50. The van der Waals surface area contributed by atoms with Crippen molar-refractivity contribution in [1.29, 1.82) is 0 Å². The van der Waals surface area contributed by atoms with Crippen molar-refractivity contribution >= 4 is 11.6 Å². The van der Waals surface area contributed by atoms with Crippen LogP contribution in [-0.2, 0) is 0 Å². The lowest BCUT2D eigenvalue weighted by Gasteiger charge is -2.09. The van der Waals surface area contributed by atoms with Crippen LogP contribution in [0.3, 0.4) is 0 Å². The Kier molecular flexibility index (Phi) is 3.93. The number of hydrogen-bond donors (Lipinski definition) is 1. The number of nitrogens with one attached hydrogen (secondary N) is 1. The molecular formula is C14H12F2N2O2. The zero-order chi connectivity index (χ0) is 14.7. The summed E-state index contributed by atoms with van der Waals surface area (Å²) in [6, 6.07) is 6.07. The maximum Gasteiger partial charge on any atom is 0.258 e. The van der Waals surface area contributed by atoms with Crippen molar-refractivity contribution in [3.05, 3.63) is 53.4 Å². The Morgan fingerprint density at radius 2 is 2.05 bits per heavy atom. The summed E-state index contributed by atoms with van der Waals surface area (Å²) in [6.07, 6.45) is 1.03. The summed E-state index contributed by atoms with van der Waals surface area (Å²) < 4.78 is 31.5. The van der Waals surface area contributed by atoms with Crippen molar-refractivity contribution < 1.29 is 18.3 Å². The lowest BCUT2D eigenvalue weighted by molar-refractivity contribution is 0.102. The van der Waals surface area contributed by atoms with Gasteiger partial charge in [0.05, 0.1) is 12.7 Å².